The number of hydrogen-bond donors (Lipinski definition) is 1. The van der Waals surface area contributed by atoms with Gasteiger partial charge >= 0.3 is 0 Å². The Balaban J connectivity index is 1.85. The van der Waals surface area contributed by atoms with E-state index in [-0.39, 0.29) is 11.4 Å². The second-order valence-electron chi connectivity index (χ2n) is 5.87. The van der Waals surface area contributed by atoms with Crippen molar-refractivity contribution in [3.63, 3.8) is 0 Å². The lowest BCUT2D eigenvalue weighted by atomic mass is 10.0. The van der Waals surface area contributed by atoms with Crippen LogP contribution < -0.4 is 14.8 Å². The molecule has 4 rings (SSSR count). The number of thiophene rings is 1. The molecule has 0 bridgehead atoms. The molecule has 0 radical (unpaired) electrons. The van der Waals surface area contributed by atoms with Crippen molar-refractivity contribution in [1.29, 1.82) is 0 Å². The van der Waals surface area contributed by atoms with Gasteiger partial charge in [0.1, 0.15) is 5.75 Å². The van der Waals surface area contributed by atoms with Crippen molar-refractivity contribution in [2.75, 3.05) is 17.1 Å². The minimum absolute atomic E-state index is 0.227. The van der Waals surface area contributed by atoms with E-state index in [0.717, 1.165) is 19.8 Å². The average molecular weight is 451 g/mol. The highest BCUT2D eigenvalue weighted by Gasteiger charge is 2.33. The zero-order chi connectivity index (χ0) is 18.5. The van der Waals surface area contributed by atoms with E-state index in [1.807, 2.05) is 18.2 Å². The Hall–Kier alpha value is -2.03. The molecule has 0 fully saturated rings. The molecule has 3 aromatic rings. The number of anilines is 2. The van der Waals surface area contributed by atoms with Crippen molar-refractivity contribution in [3.8, 4) is 16.2 Å². The zero-order valence-corrected chi connectivity index (χ0v) is 17.0. The summed E-state index contributed by atoms with van der Waals surface area (Å²) in [5.74, 6) is 0.613. The molecule has 2 N–H and O–H groups in total. The van der Waals surface area contributed by atoms with E-state index in [9.17, 15) is 8.42 Å². The fourth-order valence-corrected chi connectivity index (χ4v) is 6.15. The molecule has 0 unspecified atom stereocenters. The first-order chi connectivity index (χ1) is 12.4. The van der Waals surface area contributed by atoms with Gasteiger partial charge in [0.2, 0.25) is 0 Å². The van der Waals surface area contributed by atoms with Crippen molar-refractivity contribution >= 4 is 48.7 Å². The summed E-state index contributed by atoms with van der Waals surface area (Å²) in [5, 5.41) is 0. The maximum absolute atomic E-state index is 13.3. The number of halogens is 1. The van der Waals surface area contributed by atoms with Crippen molar-refractivity contribution in [1.82, 2.24) is 0 Å². The van der Waals surface area contributed by atoms with Gasteiger partial charge in [-0.15, -0.1) is 11.3 Å². The lowest BCUT2D eigenvalue weighted by Gasteiger charge is -2.30. The first-order valence-corrected chi connectivity index (χ1v) is 10.8. The van der Waals surface area contributed by atoms with E-state index in [1.54, 1.807) is 37.4 Å². The number of nitrogens with zero attached hydrogens (tertiary/aromatic N) is 1. The Bertz CT molecular complexity index is 1090. The summed E-state index contributed by atoms with van der Waals surface area (Å²) >= 11 is 4.98. The Kier molecular flexibility index (Phi) is 4.21. The average Bonchev–Trinajstić information content (AvgIpc) is 3.02. The SMILES string of the molecule is COc1ccc(S(=O)(=O)N2Cc3ccc(N)cc3-c3sc(Br)cc32)cc1. The lowest BCUT2D eigenvalue weighted by Crippen LogP contribution is -2.32. The molecule has 8 heteroatoms. The molecule has 5 nitrogen and oxygen atoms in total. The van der Waals surface area contributed by atoms with Gasteiger partial charge in [0.05, 0.1) is 32.9 Å². The van der Waals surface area contributed by atoms with E-state index in [4.69, 9.17) is 10.5 Å². The topological polar surface area (TPSA) is 72.6 Å². The van der Waals surface area contributed by atoms with Crippen molar-refractivity contribution in [2.45, 2.75) is 11.4 Å². The summed E-state index contributed by atoms with van der Waals surface area (Å²) in [7, 11) is -2.16. The smallest absolute Gasteiger partial charge is 0.264 e. The summed E-state index contributed by atoms with van der Waals surface area (Å²) in [6.45, 7) is 0.264. The molecule has 2 aromatic carbocycles. The van der Waals surface area contributed by atoms with Gasteiger partial charge in [-0.1, -0.05) is 6.07 Å². The molecule has 1 aliphatic heterocycles. The van der Waals surface area contributed by atoms with Gasteiger partial charge in [-0.3, -0.25) is 4.31 Å². The quantitative estimate of drug-likeness (QED) is 0.597. The molecule has 0 saturated carbocycles. The highest BCUT2D eigenvalue weighted by atomic mass is 79.9. The van der Waals surface area contributed by atoms with Gasteiger partial charge < -0.3 is 10.5 Å². The van der Waals surface area contributed by atoms with Crippen LogP contribution in [0.3, 0.4) is 0 Å². The molecule has 2 heterocycles. The lowest BCUT2D eigenvalue weighted by molar-refractivity contribution is 0.414. The summed E-state index contributed by atoms with van der Waals surface area (Å²) in [5.41, 5.74) is 9.17. The van der Waals surface area contributed by atoms with Gasteiger partial charge in [-0.25, -0.2) is 8.42 Å². The maximum atomic E-state index is 13.3. The second-order valence-corrected chi connectivity index (χ2v) is 10.2. The van der Waals surface area contributed by atoms with E-state index < -0.39 is 10.0 Å². The third-order valence-corrected chi connectivity index (χ3v) is 7.73. The molecule has 0 aliphatic carbocycles. The number of nitrogen functional groups attached to an aromatic ring is 1. The second kappa shape index (κ2) is 6.29. The fourth-order valence-electron chi connectivity index (χ4n) is 3.00. The third kappa shape index (κ3) is 2.78. The highest BCUT2D eigenvalue weighted by Crippen LogP contribution is 2.48. The predicted molar refractivity (Wildman–Crippen MR) is 108 cm³/mol. The number of hydrogen-bond acceptors (Lipinski definition) is 5. The maximum Gasteiger partial charge on any atom is 0.264 e. The molecular formula is C18H15BrN2O3S2. The van der Waals surface area contributed by atoms with Crippen molar-refractivity contribution in [3.05, 3.63) is 57.9 Å². The fraction of sp³-hybridized carbons (Fsp3) is 0.111. The minimum Gasteiger partial charge on any atom is -0.497 e. The molecule has 1 aliphatic rings. The summed E-state index contributed by atoms with van der Waals surface area (Å²) in [6, 6.07) is 13.8. The molecule has 0 spiro atoms. The Morgan fingerprint density at radius 1 is 1.15 bits per heavy atom. The Labute approximate surface area is 164 Å². The number of methoxy groups -OCH3 is 1. The number of fused-ring (bicyclic) bond motifs is 3. The van der Waals surface area contributed by atoms with Crippen LogP contribution >= 0.6 is 27.3 Å². The molecular weight excluding hydrogens is 436 g/mol. The molecule has 134 valence electrons. The van der Waals surface area contributed by atoms with E-state index in [2.05, 4.69) is 15.9 Å². The van der Waals surface area contributed by atoms with Gasteiger partial charge in [-0.05, 0) is 64.0 Å². The van der Waals surface area contributed by atoms with Gasteiger partial charge in [0.25, 0.3) is 10.0 Å². The predicted octanol–water partition coefficient (Wildman–Crippen LogP) is 4.48. The summed E-state index contributed by atoms with van der Waals surface area (Å²) < 4.78 is 34.0. The zero-order valence-electron chi connectivity index (χ0n) is 13.8. The monoisotopic (exact) mass is 450 g/mol. The van der Waals surface area contributed by atoms with E-state index in [0.29, 0.717) is 17.1 Å². The largest absolute Gasteiger partial charge is 0.497 e. The van der Waals surface area contributed by atoms with Crippen LogP contribution in [-0.4, -0.2) is 15.5 Å². The van der Waals surface area contributed by atoms with Gasteiger partial charge in [0.15, 0.2) is 0 Å². The van der Waals surface area contributed by atoms with E-state index >= 15 is 0 Å². The highest BCUT2D eigenvalue weighted by molar-refractivity contribution is 9.11. The molecule has 0 atom stereocenters. The number of benzene rings is 2. The molecule has 26 heavy (non-hydrogen) atoms. The van der Waals surface area contributed by atoms with Crippen LogP contribution in [0.1, 0.15) is 5.56 Å². The van der Waals surface area contributed by atoms with Crippen molar-refractivity contribution in [2.24, 2.45) is 0 Å². The minimum atomic E-state index is -3.71. The van der Waals surface area contributed by atoms with Crippen LogP contribution in [0, 0.1) is 0 Å². The normalized spacial score (nSPS) is 13.2. The Morgan fingerprint density at radius 2 is 1.88 bits per heavy atom. The van der Waals surface area contributed by atoms with Crippen LogP contribution in [0.4, 0.5) is 11.4 Å². The summed E-state index contributed by atoms with van der Waals surface area (Å²) in [4.78, 5) is 1.12. The van der Waals surface area contributed by atoms with Crippen LogP contribution in [0.25, 0.3) is 10.4 Å². The first-order valence-electron chi connectivity index (χ1n) is 7.75. The number of nitrogens with two attached hydrogens (primary N) is 1. The number of rotatable bonds is 3. The van der Waals surface area contributed by atoms with Crippen LogP contribution in [0.2, 0.25) is 0 Å². The van der Waals surface area contributed by atoms with Crippen LogP contribution in [-0.2, 0) is 16.6 Å². The number of sulfonamides is 1. The third-order valence-electron chi connectivity index (χ3n) is 4.29. The summed E-state index contributed by atoms with van der Waals surface area (Å²) in [6.07, 6.45) is 0. The standard InChI is InChI=1S/C18H15BrN2O3S2/c1-24-13-4-6-14(7-5-13)26(22,23)21-10-11-2-3-12(20)8-15(11)18-16(21)9-17(19)25-18/h2-9H,10,20H2,1H3. The first kappa shape index (κ1) is 17.4. The molecule has 0 amide bonds. The Morgan fingerprint density at radius 3 is 2.58 bits per heavy atom. The van der Waals surface area contributed by atoms with Gasteiger partial charge in [-0.2, -0.15) is 0 Å². The van der Waals surface area contributed by atoms with Crippen molar-refractivity contribution < 1.29 is 13.2 Å². The molecule has 0 saturated heterocycles. The van der Waals surface area contributed by atoms with Gasteiger partial charge in [0, 0.05) is 11.3 Å². The van der Waals surface area contributed by atoms with Crippen LogP contribution in [0.5, 0.6) is 5.75 Å². The van der Waals surface area contributed by atoms with Crippen LogP contribution in [0.15, 0.2) is 57.2 Å². The molecule has 1 aromatic heterocycles. The number of ether oxygens (including phenoxy) is 1. The van der Waals surface area contributed by atoms with E-state index in [1.165, 1.54) is 15.6 Å².